The van der Waals surface area contributed by atoms with Gasteiger partial charge in [-0.1, -0.05) is 43.6 Å². The largest absolute Gasteiger partial charge is 0.0853 e. The molecule has 0 rings (SSSR count). The Kier molecular flexibility index (Phi) is 5.83. The third kappa shape index (κ3) is 6.01. The van der Waals surface area contributed by atoms with Crippen molar-refractivity contribution < 1.29 is 0 Å². The van der Waals surface area contributed by atoms with Gasteiger partial charge in [0.15, 0.2) is 0 Å². The van der Waals surface area contributed by atoms with E-state index in [1.165, 1.54) is 30.4 Å². The van der Waals surface area contributed by atoms with Crippen molar-refractivity contribution in [2.24, 2.45) is 5.41 Å². The maximum Gasteiger partial charge on any atom is -0.0259 e. The monoisotopic (exact) mass is 194 g/mol. The van der Waals surface area contributed by atoms with Crippen LogP contribution in [0.4, 0.5) is 0 Å². The van der Waals surface area contributed by atoms with Gasteiger partial charge < -0.3 is 0 Å². The maximum atomic E-state index is 2.38. The minimum atomic E-state index is 0.453. The van der Waals surface area contributed by atoms with Crippen molar-refractivity contribution in [3.8, 4) is 0 Å². The minimum absolute atomic E-state index is 0.453. The van der Waals surface area contributed by atoms with Gasteiger partial charge in [0.25, 0.3) is 0 Å². The summed E-state index contributed by atoms with van der Waals surface area (Å²) >= 11 is 0. The number of hydrogen-bond acceptors (Lipinski definition) is 0. The van der Waals surface area contributed by atoms with Gasteiger partial charge in [0.05, 0.1) is 0 Å². The van der Waals surface area contributed by atoms with Crippen molar-refractivity contribution in [3.63, 3.8) is 0 Å². The molecule has 0 aromatic rings. The van der Waals surface area contributed by atoms with E-state index in [0.29, 0.717) is 5.41 Å². The van der Waals surface area contributed by atoms with Crippen LogP contribution in [0, 0.1) is 5.41 Å². The van der Waals surface area contributed by atoms with Gasteiger partial charge in [0.2, 0.25) is 0 Å². The topological polar surface area (TPSA) is 0 Å². The van der Waals surface area contributed by atoms with E-state index in [0.717, 1.165) is 0 Å². The molecule has 0 atom stereocenters. The van der Waals surface area contributed by atoms with E-state index in [1.54, 1.807) is 0 Å². The molecule has 0 unspecified atom stereocenters. The van der Waals surface area contributed by atoms with Gasteiger partial charge >= 0.3 is 0 Å². The molecule has 0 nitrogen and oxygen atoms in total. The van der Waals surface area contributed by atoms with Gasteiger partial charge in [-0.15, -0.1) is 0 Å². The van der Waals surface area contributed by atoms with E-state index in [9.17, 15) is 0 Å². The zero-order valence-corrected chi connectivity index (χ0v) is 10.8. The average Bonchev–Trinajstić information content (AvgIpc) is 2.11. The number of allylic oxidation sites excluding steroid dienone is 4. The lowest BCUT2D eigenvalue weighted by molar-refractivity contribution is 0.318. The lowest BCUT2D eigenvalue weighted by Crippen LogP contribution is -2.13. The summed E-state index contributed by atoms with van der Waals surface area (Å²) in [4.78, 5) is 0. The predicted molar refractivity (Wildman–Crippen MR) is 66.5 cm³/mol. The van der Waals surface area contributed by atoms with Crippen molar-refractivity contribution in [1.82, 2.24) is 0 Å². The Morgan fingerprint density at radius 2 is 1.29 bits per heavy atom. The highest BCUT2D eigenvalue weighted by Crippen LogP contribution is 2.31. The molecule has 14 heavy (non-hydrogen) atoms. The molecule has 0 N–H and O–H groups in total. The van der Waals surface area contributed by atoms with Crippen LogP contribution in [0.25, 0.3) is 0 Å². The lowest BCUT2D eigenvalue weighted by atomic mass is 9.80. The van der Waals surface area contributed by atoms with E-state index < -0.39 is 0 Å². The molecule has 0 bridgehead atoms. The molecule has 0 spiro atoms. The first-order valence-electron chi connectivity index (χ1n) is 5.66. The molecule has 0 amide bonds. The summed E-state index contributed by atoms with van der Waals surface area (Å²) in [6, 6.07) is 0. The van der Waals surface area contributed by atoms with E-state index in [2.05, 4.69) is 53.7 Å². The van der Waals surface area contributed by atoms with Gasteiger partial charge in [0, 0.05) is 0 Å². The van der Waals surface area contributed by atoms with E-state index >= 15 is 0 Å². The second-order valence-corrected chi connectivity index (χ2v) is 5.14. The molecule has 0 saturated heterocycles. The molecular formula is C14H26. The summed E-state index contributed by atoms with van der Waals surface area (Å²) < 4.78 is 0. The Morgan fingerprint density at radius 3 is 1.50 bits per heavy atom. The summed E-state index contributed by atoms with van der Waals surface area (Å²) in [7, 11) is 0. The van der Waals surface area contributed by atoms with E-state index in [1.807, 2.05) is 0 Å². The maximum absolute atomic E-state index is 2.38. The van der Waals surface area contributed by atoms with Crippen LogP contribution in [-0.4, -0.2) is 0 Å². The highest BCUT2D eigenvalue weighted by atomic mass is 14.2. The summed E-state index contributed by atoms with van der Waals surface area (Å²) in [5.74, 6) is 0. The molecule has 0 saturated carbocycles. The van der Waals surface area contributed by atoms with Crippen LogP contribution in [-0.2, 0) is 0 Å². The Labute approximate surface area is 90.1 Å². The van der Waals surface area contributed by atoms with Crippen LogP contribution in [0.15, 0.2) is 23.3 Å². The third-order valence-corrected chi connectivity index (χ3v) is 2.86. The van der Waals surface area contributed by atoms with Crippen molar-refractivity contribution in [2.45, 2.75) is 60.8 Å². The second-order valence-electron chi connectivity index (χ2n) is 5.14. The zero-order chi connectivity index (χ0) is 11.2. The minimum Gasteiger partial charge on any atom is -0.0853 e. The van der Waals surface area contributed by atoms with Gasteiger partial charge in [-0.3, -0.25) is 0 Å². The predicted octanol–water partition coefficient (Wildman–Crippen LogP) is 5.12. The Hall–Kier alpha value is -0.520. The van der Waals surface area contributed by atoms with Crippen LogP contribution in [0.3, 0.4) is 0 Å². The van der Waals surface area contributed by atoms with Crippen molar-refractivity contribution in [3.05, 3.63) is 23.3 Å². The van der Waals surface area contributed by atoms with Crippen LogP contribution < -0.4 is 0 Å². The molecule has 0 aromatic carbocycles. The SMILES string of the molecule is CCC(C)(CC=C(C)C)CC=C(C)C. The number of hydrogen-bond donors (Lipinski definition) is 0. The van der Waals surface area contributed by atoms with Gasteiger partial charge in [0.1, 0.15) is 0 Å². The zero-order valence-electron chi connectivity index (χ0n) is 10.8. The average molecular weight is 194 g/mol. The fourth-order valence-corrected chi connectivity index (χ4v) is 1.27. The summed E-state index contributed by atoms with van der Waals surface area (Å²) in [5, 5.41) is 0. The standard InChI is InChI=1S/C14H26/c1-7-14(6,10-8-12(2)3)11-9-13(4)5/h8-9H,7,10-11H2,1-6H3. The van der Waals surface area contributed by atoms with Gasteiger partial charge in [-0.05, 0) is 46.0 Å². The molecule has 0 heteroatoms. The fourth-order valence-electron chi connectivity index (χ4n) is 1.27. The summed E-state index contributed by atoms with van der Waals surface area (Å²) in [5.41, 5.74) is 3.32. The normalized spacial score (nSPS) is 11.0. The van der Waals surface area contributed by atoms with Gasteiger partial charge in [-0.2, -0.15) is 0 Å². The first-order valence-corrected chi connectivity index (χ1v) is 5.66. The van der Waals surface area contributed by atoms with Crippen LogP contribution >= 0.6 is 0 Å². The van der Waals surface area contributed by atoms with Crippen molar-refractivity contribution in [2.75, 3.05) is 0 Å². The fraction of sp³-hybridized carbons (Fsp3) is 0.714. The highest BCUT2D eigenvalue weighted by molar-refractivity contribution is 5.01. The quantitative estimate of drug-likeness (QED) is 0.533. The molecule has 0 fully saturated rings. The highest BCUT2D eigenvalue weighted by Gasteiger charge is 2.18. The molecule has 0 aromatic heterocycles. The molecule has 0 heterocycles. The van der Waals surface area contributed by atoms with Crippen LogP contribution in [0.5, 0.6) is 0 Å². The Morgan fingerprint density at radius 1 is 0.929 bits per heavy atom. The molecular weight excluding hydrogens is 168 g/mol. The third-order valence-electron chi connectivity index (χ3n) is 2.86. The second kappa shape index (κ2) is 6.06. The Bertz CT molecular complexity index is 190. The van der Waals surface area contributed by atoms with E-state index in [4.69, 9.17) is 0 Å². The molecule has 0 aliphatic rings. The first-order chi connectivity index (χ1) is 6.39. The Balaban J connectivity index is 4.32. The number of rotatable bonds is 5. The molecule has 82 valence electrons. The van der Waals surface area contributed by atoms with Crippen LogP contribution in [0.2, 0.25) is 0 Å². The van der Waals surface area contributed by atoms with Crippen LogP contribution in [0.1, 0.15) is 60.8 Å². The molecule has 0 aliphatic heterocycles. The summed E-state index contributed by atoms with van der Waals surface area (Å²) in [6.45, 7) is 13.4. The van der Waals surface area contributed by atoms with E-state index in [-0.39, 0.29) is 0 Å². The first kappa shape index (κ1) is 13.5. The molecule has 0 aliphatic carbocycles. The van der Waals surface area contributed by atoms with Gasteiger partial charge in [-0.25, -0.2) is 0 Å². The smallest absolute Gasteiger partial charge is 0.0259 e. The van der Waals surface area contributed by atoms with Crippen molar-refractivity contribution in [1.29, 1.82) is 0 Å². The molecule has 0 radical (unpaired) electrons. The lowest BCUT2D eigenvalue weighted by Gasteiger charge is -2.25. The summed E-state index contributed by atoms with van der Waals surface area (Å²) in [6.07, 6.45) is 8.39. The van der Waals surface area contributed by atoms with Crippen molar-refractivity contribution >= 4 is 0 Å².